The highest BCUT2D eigenvalue weighted by atomic mass is 19.4. The lowest BCUT2D eigenvalue weighted by molar-refractivity contribution is -0.390. The third-order valence-electron chi connectivity index (χ3n) is 2.28. The third kappa shape index (κ3) is 4.46. The molecule has 0 radical (unpaired) electrons. The number of hydrogen-bond donors (Lipinski definition) is 0. The van der Waals surface area contributed by atoms with E-state index in [1.54, 1.807) is 0 Å². The lowest BCUT2D eigenvalue weighted by atomic mass is 10.1. The summed E-state index contributed by atoms with van der Waals surface area (Å²) < 4.78 is 50.4. The van der Waals surface area contributed by atoms with Crippen LogP contribution in [0.4, 0.5) is 19.0 Å². The van der Waals surface area contributed by atoms with Gasteiger partial charge >= 0.3 is 18.1 Å². The zero-order valence-electron chi connectivity index (χ0n) is 11.5. The Labute approximate surface area is 121 Å². The first-order valence-electron chi connectivity index (χ1n) is 5.81. The number of alkyl halides is 3. The molecule has 0 aliphatic rings. The summed E-state index contributed by atoms with van der Waals surface area (Å²) >= 11 is 0. The summed E-state index contributed by atoms with van der Waals surface area (Å²) in [7, 11) is 0.918. The van der Waals surface area contributed by atoms with Crippen LogP contribution in [-0.4, -0.2) is 36.0 Å². The summed E-state index contributed by atoms with van der Waals surface area (Å²) in [4.78, 5) is 24.5. The van der Waals surface area contributed by atoms with Gasteiger partial charge in [-0.15, -0.1) is 13.2 Å². The predicted octanol–water partition coefficient (Wildman–Crippen LogP) is 2.00. The Kier molecular flexibility index (Phi) is 5.49. The molecule has 0 aliphatic carbocycles. The molecule has 0 saturated heterocycles. The van der Waals surface area contributed by atoms with E-state index in [0.717, 1.165) is 13.3 Å². The third-order valence-corrected chi connectivity index (χ3v) is 2.28. The van der Waals surface area contributed by atoms with Crippen LogP contribution in [-0.2, 0) is 16.0 Å². The Bertz CT molecular complexity index is 576. The van der Waals surface area contributed by atoms with Crippen molar-refractivity contribution in [1.29, 1.82) is 0 Å². The number of ether oxygens (including phenoxy) is 3. The maximum Gasteiger partial charge on any atom is 0.573 e. The number of carbonyl (C=O) groups excluding carboxylic acids is 1. The largest absolute Gasteiger partial charge is 0.573 e. The van der Waals surface area contributed by atoms with Crippen LogP contribution in [0.15, 0.2) is 6.20 Å². The molecule has 0 aliphatic heterocycles. The molecule has 1 aromatic rings. The summed E-state index contributed by atoms with van der Waals surface area (Å²) in [5.41, 5.74) is -0.349. The van der Waals surface area contributed by atoms with Gasteiger partial charge in [0.1, 0.15) is 6.20 Å². The molecule has 0 bridgehead atoms. The van der Waals surface area contributed by atoms with Crippen LogP contribution < -0.4 is 9.47 Å². The monoisotopic (exact) mass is 324 g/mol. The Morgan fingerprint density at radius 1 is 1.41 bits per heavy atom. The van der Waals surface area contributed by atoms with Gasteiger partial charge in [0, 0.05) is 0 Å². The number of nitrogens with zero attached hydrogens (tertiary/aromatic N) is 2. The van der Waals surface area contributed by atoms with Crippen LogP contribution in [0.1, 0.15) is 12.5 Å². The van der Waals surface area contributed by atoms with Crippen molar-refractivity contribution in [3.63, 3.8) is 0 Å². The first kappa shape index (κ1) is 17.5. The normalized spacial score (nSPS) is 11.0. The number of methoxy groups -OCH3 is 1. The lowest BCUT2D eigenvalue weighted by Gasteiger charge is -2.14. The first-order chi connectivity index (χ1) is 10.2. The second kappa shape index (κ2) is 6.91. The molecule has 0 atom stereocenters. The summed E-state index contributed by atoms with van der Waals surface area (Å²) in [6.07, 6.45) is -5.01. The molecule has 11 heteroatoms. The summed E-state index contributed by atoms with van der Waals surface area (Å²) in [6, 6.07) is 0. The highest BCUT2D eigenvalue weighted by Gasteiger charge is 2.37. The van der Waals surface area contributed by atoms with Gasteiger partial charge < -0.3 is 24.3 Å². The number of esters is 1. The molecule has 22 heavy (non-hydrogen) atoms. The molecule has 0 unspecified atom stereocenters. The number of rotatable bonds is 6. The highest BCUT2D eigenvalue weighted by molar-refractivity contribution is 5.74. The number of halogens is 3. The van der Waals surface area contributed by atoms with Crippen molar-refractivity contribution in [3.8, 4) is 11.5 Å². The van der Waals surface area contributed by atoms with Gasteiger partial charge in [0.15, 0.2) is 5.75 Å². The molecule has 0 N–H and O–H groups in total. The van der Waals surface area contributed by atoms with E-state index in [1.165, 1.54) is 6.92 Å². The zero-order chi connectivity index (χ0) is 16.9. The van der Waals surface area contributed by atoms with Gasteiger partial charge in [0.05, 0.1) is 25.7 Å². The first-order valence-corrected chi connectivity index (χ1v) is 5.81. The molecule has 0 saturated carbocycles. The fraction of sp³-hybridized carbons (Fsp3) is 0.455. The van der Waals surface area contributed by atoms with Crippen LogP contribution in [0.3, 0.4) is 0 Å². The molecule has 122 valence electrons. The highest BCUT2D eigenvalue weighted by Crippen LogP contribution is 2.40. The van der Waals surface area contributed by atoms with Gasteiger partial charge in [0.25, 0.3) is 5.75 Å². The molecule has 1 rings (SSSR count). The topological polar surface area (TPSA) is 101 Å². The minimum Gasteiger partial charge on any atom is -0.486 e. The molecule has 0 spiro atoms. The van der Waals surface area contributed by atoms with Gasteiger partial charge in [-0.25, -0.2) is 0 Å². The van der Waals surface area contributed by atoms with E-state index < -0.39 is 41.0 Å². The number of hydrogen-bond acceptors (Lipinski definition) is 7. The summed E-state index contributed by atoms with van der Waals surface area (Å²) in [6.45, 7) is 1.53. The van der Waals surface area contributed by atoms with E-state index in [2.05, 4.69) is 19.2 Å². The van der Waals surface area contributed by atoms with Crippen molar-refractivity contribution >= 4 is 11.8 Å². The number of nitro groups is 1. The van der Waals surface area contributed by atoms with Gasteiger partial charge in [-0.05, 0) is 16.8 Å². The number of pyridine rings is 1. The van der Waals surface area contributed by atoms with Crippen molar-refractivity contribution < 1.29 is 37.1 Å². The van der Waals surface area contributed by atoms with Crippen molar-refractivity contribution in [2.24, 2.45) is 0 Å². The Balaban J connectivity index is 3.36. The maximum atomic E-state index is 12.5. The molecule has 0 aromatic carbocycles. The van der Waals surface area contributed by atoms with E-state index in [9.17, 15) is 28.1 Å². The molecular weight excluding hydrogens is 313 g/mol. The fourth-order valence-electron chi connectivity index (χ4n) is 1.54. The van der Waals surface area contributed by atoms with Gasteiger partial charge in [-0.3, -0.25) is 4.79 Å². The second-order valence-electron chi connectivity index (χ2n) is 3.76. The van der Waals surface area contributed by atoms with E-state index in [1.807, 2.05) is 0 Å². The van der Waals surface area contributed by atoms with E-state index >= 15 is 0 Å². The average molecular weight is 324 g/mol. The van der Waals surface area contributed by atoms with E-state index in [-0.39, 0.29) is 12.2 Å². The molecule has 1 heterocycles. The quantitative estimate of drug-likeness (QED) is 0.448. The van der Waals surface area contributed by atoms with Crippen LogP contribution in [0.5, 0.6) is 11.5 Å². The molecular formula is C11H11F3N2O6. The Morgan fingerprint density at radius 3 is 2.50 bits per heavy atom. The van der Waals surface area contributed by atoms with Crippen LogP contribution in [0.25, 0.3) is 0 Å². The zero-order valence-corrected chi connectivity index (χ0v) is 11.5. The van der Waals surface area contributed by atoms with Crippen molar-refractivity contribution in [3.05, 3.63) is 21.9 Å². The van der Waals surface area contributed by atoms with E-state index in [4.69, 9.17) is 0 Å². The second-order valence-corrected chi connectivity index (χ2v) is 3.76. The molecule has 0 amide bonds. The molecule has 1 aromatic heterocycles. The van der Waals surface area contributed by atoms with Crippen molar-refractivity contribution in [1.82, 2.24) is 4.98 Å². The van der Waals surface area contributed by atoms with Gasteiger partial charge in [-0.1, -0.05) is 0 Å². The molecule has 8 nitrogen and oxygen atoms in total. The minimum absolute atomic E-state index is 0.0197. The average Bonchev–Trinajstić information content (AvgIpc) is 2.38. The Hall–Kier alpha value is -2.59. The summed E-state index contributed by atoms with van der Waals surface area (Å²) in [5, 5.41) is 10.8. The SMILES string of the molecule is CCOC(=O)Cc1cnc([N+](=O)[O-])c(OC)c1OC(F)(F)F. The molecule has 0 fully saturated rings. The van der Waals surface area contributed by atoms with Crippen LogP contribution >= 0.6 is 0 Å². The Morgan fingerprint density at radius 2 is 2.05 bits per heavy atom. The maximum absolute atomic E-state index is 12.5. The fourth-order valence-corrected chi connectivity index (χ4v) is 1.54. The van der Waals surface area contributed by atoms with Gasteiger partial charge in [-0.2, -0.15) is 0 Å². The summed E-state index contributed by atoms with van der Waals surface area (Å²) in [5.74, 6) is -3.63. The van der Waals surface area contributed by atoms with Crippen molar-refractivity contribution in [2.45, 2.75) is 19.7 Å². The van der Waals surface area contributed by atoms with Gasteiger partial charge in [0.2, 0.25) is 0 Å². The number of carbonyl (C=O) groups is 1. The predicted molar refractivity (Wildman–Crippen MR) is 64.5 cm³/mol. The van der Waals surface area contributed by atoms with Crippen LogP contribution in [0.2, 0.25) is 0 Å². The standard InChI is InChI=1S/C11H11F3N2O6/c1-3-21-7(17)4-6-5-15-10(16(18)19)9(20-2)8(6)22-11(12,13)14/h5H,3-4H2,1-2H3. The number of aromatic nitrogens is 1. The van der Waals surface area contributed by atoms with Crippen LogP contribution in [0, 0.1) is 10.1 Å². The van der Waals surface area contributed by atoms with E-state index in [0.29, 0.717) is 0 Å². The minimum atomic E-state index is -5.13. The lowest BCUT2D eigenvalue weighted by Crippen LogP contribution is -2.20. The smallest absolute Gasteiger partial charge is 0.486 e. The van der Waals surface area contributed by atoms with Crippen molar-refractivity contribution in [2.75, 3.05) is 13.7 Å².